The highest BCUT2D eigenvalue weighted by molar-refractivity contribution is 5.87. The molecule has 82 valence electrons. The largest absolute Gasteiger partial charge is 0.458 e. The first kappa shape index (κ1) is 10.0. The van der Waals surface area contributed by atoms with Crippen LogP contribution in [0.3, 0.4) is 0 Å². The third-order valence-corrected chi connectivity index (χ3v) is 1.89. The molecule has 1 aliphatic rings. The molecule has 0 saturated heterocycles. The molecule has 2 rings (SSSR count). The van der Waals surface area contributed by atoms with Crippen molar-refractivity contribution in [2.45, 2.75) is 25.1 Å². The van der Waals surface area contributed by atoms with Crippen molar-refractivity contribution >= 4 is 5.97 Å². The van der Waals surface area contributed by atoms with Crippen molar-refractivity contribution in [2.24, 2.45) is 0 Å². The normalized spacial score (nSPS) is 16.5. The van der Waals surface area contributed by atoms with Crippen LogP contribution in [0, 0.1) is 0 Å². The van der Waals surface area contributed by atoms with E-state index >= 15 is 0 Å². The van der Waals surface area contributed by atoms with Crippen molar-refractivity contribution in [1.29, 1.82) is 0 Å². The quantitative estimate of drug-likeness (QED) is 0.772. The number of alkyl halides is 3. The minimum atomic E-state index is -4.52. The fourth-order valence-corrected chi connectivity index (χ4v) is 0.969. The zero-order chi connectivity index (χ0) is 11.1. The average Bonchev–Trinajstić information content (AvgIpc) is 2.80. The second-order valence-corrected chi connectivity index (χ2v) is 3.27. The molecule has 1 N–H and O–H groups in total. The van der Waals surface area contributed by atoms with E-state index in [-0.39, 0.29) is 11.8 Å². The van der Waals surface area contributed by atoms with Crippen LogP contribution in [0.2, 0.25) is 0 Å². The summed E-state index contributed by atoms with van der Waals surface area (Å²) in [6.07, 6.45) is -3.14. The smallest absolute Gasteiger partial charge is 0.432 e. The molecule has 1 aliphatic carbocycles. The minimum absolute atomic E-state index is 0.150. The second-order valence-electron chi connectivity index (χ2n) is 3.27. The highest BCUT2D eigenvalue weighted by Gasteiger charge is 2.35. The van der Waals surface area contributed by atoms with Crippen LogP contribution in [0.5, 0.6) is 0 Å². The van der Waals surface area contributed by atoms with Crippen LogP contribution in [0.4, 0.5) is 13.2 Å². The van der Waals surface area contributed by atoms with Gasteiger partial charge >= 0.3 is 12.1 Å². The lowest BCUT2D eigenvalue weighted by Gasteiger charge is -2.00. The van der Waals surface area contributed by atoms with Crippen molar-refractivity contribution in [3.8, 4) is 0 Å². The second kappa shape index (κ2) is 3.25. The van der Waals surface area contributed by atoms with Crippen LogP contribution in [-0.2, 0) is 10.9 Å². The van der Waals surface area contributed by atoms with Gasteiger partial charge in [0.1, 0.15) is 11.8 Å². The van der Waals surface area contributed by atoms with Gasteiger partial charge in [-0.1, -0.05) is 0 Å². The summed E-state index contributed by atoms with van der Waals surface area (Å²) in [5, 5.41) is 4.99. The molecule has 0 aliphatic heterocycles. The number of hydrogen-bond donors (Lipinski definition) is 1. The van der Waals surface area contributed by atoms with E-state index in [0.29, 0.717) is 6.07 Å². The maximum absolute atomic E-state index is 12.1. The third-order valence-electron chi connectivity index (χ3n) is 1.89. The fourth-order valence-electron chi connectivity index (χ4n) is 0.969. The summed E-state index contributed by atoms with van der Waals surface area (Å²) >= 11 is 0. The van der Waals surface area contributed by atoms with Gasteiger partial charge in [0, 0.05) is 6.07 Å². The standard InChI is InChI=1S/C8H7F3N2O2/c9-8(10,11)6-3-5(12-13-6)7(14)15-4-1-2-4/h3-4H,1-2H2,(H,12,13). The number of aromatic nitrogens is 2. The SMILES string of the molecule is O=C(OC1CC1)c1cc(C(F)(F)F)[nH]n1. The monoisotopic (exact) mass is 220 g/mol. The van der Waals surface area contributed by atoms with Gasteiger partial charge in [0.05, 0.1) is 0 Å². The molecule has 7 heteroatoms. The van der Waals surface area contributed by atoms with Crippen molar-refractivity contribution in [3.63, 3.8) is 0 Å². The van der Waals surface area contributed by atoms with Crippen molar-refractivity contribution in [2.75, 3.05) is 0 Å². The number of rotatable bonds is 2. The summed E-state index contributed by atoms with van der Waals surface area (Å²) in [5.74, 6) is -0.816. The number of H-pyrrole nitrogens is 1. The predicted octanol–water partition coefficient (Wildman–Crippen LogP) is 1.75. The maximum Gasteiger partial charge on any atom is 0.432 e. The number of carbonyl (C=O) groups is 1. The van der Waals surface area contributed by atoms with Crippen LogP contribution in [-0.4, -0.2) is 22.3 Å². The first-order chi connectivity index (χ1) is 6.97. The number of esters is 1. The highest BCUT2D eigenvalue weighted by Crippen LogP contribution is 2.29. The van der Waals surface area contributed by atoms with E-state index in [1.807, 2.05) is 0 Å². The lowest BCUT2D eigenvalue weighted by atomic mass is 10.3. The maximum atomic E-state index is 12.1. The third kappa shape index (κ3) is 2.28. The molecule has 0 amide bonds. The molecule has 1 fully saturated rings. The van der Waals surface area contributed by atoms with E-state index in [4.69, 9.17) is 4.74 Å². The number of nitrogens with one attached hydrogen (secondary N) is 1. The van der Waals surface area contributed by atoms with Crippen LogP contribution in [0.15, 0.2) is 6.07 Å². The van der Waals surface area contributed by atoms with Crippen LogP contribution >= 0.6 is 0 Å². The average molecular weight is 220 g/mol. The first-order valence-corrected chi connectivity index (χ1v) is 4.30. The van der Waals surface area contributed by atoms with Crippen LogP contribution in [0.25, 0.3) is 0 Å². The topological polar surface area (TPSA) is 55.0 Å². The van der Waals surface area contributed by atoms with E-state index in [2.05, 4.69) is 5.10 Å². The van der Waals surface area contributed by atoms with Crippen LogP contribution < -0.4 is 0 Å². The minimum Gasteiger partial charge on any atom is -0.458 e. The summed E-state index contributed by atoms with van der Waals surface area (Å²) in [6, 6.07) is 0.644. The van der Waals surface area contributed by atoms with E-state index in [9.17, 15) is 18.0 Å². The van der Waals surface area contributed by atoms with Gasteiger partial charge in [-0.25, -0.2) is 4.79 Å². The first-order valence-electron chi connectivity index (χ1n) is 4.30. The predicted molar refractivity (Wildman–Crippen MR) is 42.0 cm³/mol. The molecule has 1 heterocycles. The van der Waals surface area contributed by atoms with Gasteiger partial charge < -0.3 is 4.74 Å². The number of nitrogens with zero attached hydrogens (tertiary/aromatic N) is 1. The zero-order valence-corrected chi connectivity index (χ0v) is 7.47. The number of aromatic amines is 1. The summed E-state index contributed by atoms with van der Waals surface area (Å²) in [5.41, 5.74) is -1.39. The molecule has 0 unspecified atom stereocenters. The zero-order valence-electron chi connectivity index (χ0n) is 7.47. The highest BCUT2D eigenvalue weighted by atomic mass is 19.4. The Morgan fingerprint density at radius 3 is 2.67 bits per heavy atom. The van der Waals surface area contributed by atoms with Gasteiger partial charge in [0.15, 0.2) is 5.69 Å². The van der Waals surface area contributed by atoms with Gasteiger partial charge in [-0.15, -0.1) is 0 Å². The van der Waals surface area contributed by atoms with Gasteiger partial charge in [0.2, 0.25) is 0 Å². The lowest BCUT2D eigenvalue weighted by Crippen LogP contribution is -2.07. The Labute approximate surface area is 82.4 Å². The number of carbonyl (C=O) groups excluding carboxylic acids is 1. The fraction of sp³-hybridized carbons (Fsp3) is 0.500. The molecule has 0 bridgehead atoms. The molecular weight excluding hydrogens is 213 g/mol. The Bertz CT molecular complexity index is 381. The molecule has 0 radical (unpaired) electrons. The van der Waals surface area contributed by atoms with Crippen molar-refractivity contribution < 1.29 is 22.7 Å². The number of hydrogen-bond acceptors (Lipinski definition) is 3. The molecule has 15 heavy (non-hydrogen) atoms. The lowest BCUT2D eigenvalue weighted by molar-refractivity contribution is -0.141. The van der Waals surface area contributed by atoms with Gasteiger partial charge in [-0.05, 0) is 12.8 Å². The van der Waals surface area contributed by atoms with E-state index in [1.54, 1.807) is 5.10 Å². The Kier molecular flexibility index (Phi) is 2.17. The number of ether oxygens (including phenoxy) is 1. The van der Waals surface area contributed by atoms with Crippen molar-refractivity contribution in [1.82, 2.24) is 10.2 Å². The van der Waals surface area contributed by atoms with Gasteiger partial charge in [0.25, 0.3) is 0 Å². The summed E-state index contributed by atoms with van der Waals surface area (Å²) < 4.78 is 41.1. The van der Waals surface area contributed by atoms with E-state index in [0.717, 1.165) is 12.8 Å². The molecule has 0 aromatic carbocycles. The molecule has 0 spiro atoms. The Balaban J connectivity index is 2.08. The van der Waals surface area contributed by atoms with E-state index < -0.39 is 17.8 Å². The van der Waals surface area contributed by atoms with Gasteiger partial charge in [-0.3, -0.25) is 5.10 Å². The van der Waals surface area contributed by atoms with Crippen molar-refractivity contribution in [3.05, 3.63) is 17.5 Å². The molecule has 1 aromatic rings. The molecule has 4 nitrogen and oxygen atoms in total. The number of halogens is 3. The Morgan fingerprint density at radius 2 is 2.20 bits per heavy atom. The summed E-state index contributed by atoms with van der Waals surface area (Å²) in [6.45, 7) is 0. The molecule has 1 aromatic heterocycles. The molecular formula is C8H7F3N2O2. The van der Waals surface area contributed by atoms with E-state index in [1.165, 1.54) is 0 Å². The molecule has 0 atom stereocenters. The Hall–Kier alpha value is -1.53. The van der Waals surface area contributed by atoms with Crippen LogP contribution in [0.1, 0.15) is 29.0 Å². The summed E-state index contributed by atoms with van der Waals surface area (Å²) in [4.78, 5) is 11.2. The van der Waals surface area contributed by atoms with Gasteiger partial charge in [-0.2, -0.15) is 18.3 Å². The summed E-state index contributed by atoms with van der Waals surface area (Å²) in [7, 11) is 0. The molecule has 1 saturated carbocycles. The Morgan fingerprint density at radius 1 is 1.53 bits per heavy atom.